The monoisotopic (exact) mass is 199 g/mol. The molecule has 0 aliphatic heterocycles. The first kappa shape index (κ1) is 10.2. The predicted molar refractivity (Wildman–Crippen MR) is 52.2 cm³/mol. The molecule has 0 aliphatic carbocycles. The molecule has 1 aromatic rings. The van der Waals surface area contributed by atoms with E-state index in [0.717, 1.165) is 5.56 Å². The number of hydrogen-bond acceptors (Lipinski definition) is 3. The summed E-state index contributed by atoms with van der Waals surface area (Å²) in [6.07, 6.45) is 1.19. The van der Waals surface area contributed by atoms with Crippen LogP contribution < -0.4 is 5.73 Å². The van der Waals surface area contributed by atoms with E-state index < -0.39 is 9.84 Å². The molecular weight excluding hydrogens is 186 g/mol. The Morgan fingerprint density at radius 2 is 1.69 bits per heavy atom. The number of benzene rings is 1. The molecule has 0 aromatic heterocycles. The molecule has 3 nitrogen and oxygen atoms in total. The van der Waals surface area contributed by atoms with E-state index in [2.05, 4.69) is 0 Å². The third-order valence-electron chi connectivity index (χ3n) is 1.83. The molecule has 0 radical (unpaired) electrons. The molecule has 0 fully saturated rings. The highest BCUT2D eigenvalue weighted by Gasteiger charge is 2.06. The molecule has 0 saturated carbocycles. The fraction of sp³-hybridized carbons (Fsp3) is 0.333. The zero-order valence-electron chi connectivity index (χ0n) is 7.69. The molecule has 0 amide bonds. The predicted octanol–water partition coefficient (Wildman–Crippen LogP) is 1.11. The molecule has 1 atom stereocenters. The molecule has 1 rings (SSSR count). The molecule has 0 spiro atoms. The Kier molecular flexibility index (Phi) is 2.73. The summed E-state index contributed by atoms with van der Waals surface area (Å²) in [6, 6.07) is 6.57. The van der Waals surface area contributed by atoms with Crippen molar-refractivity contribution in [3.63, 3.8) is 0 Å². The van der Waals surface area contributed by atoms with Gasteiger partial charge in [-0.25, -0.2) is 8.42 Å². The van der Waals surface area contributed by atoms with Crippen molar-refractivity contribution >= 4 is 9.84 Å². The minimum atomic E-state index is -3.09. The summed E-state index contributed by atoms with van der Waals surface area (Å²) < 4.78 is 22.2. The van der Waals surface area contributed by atoms with Gasteiger partial charge >= 0.3 is 0 Å². The van der Waals surface area contributed by atoms with Crippen molar-refractivity contribution in [3.8, 4) is 0 Å². The molecule has 4 heteroatoms. The topological polar surface area (TPSA) is 60.2 Å². The number of nitrogens with two attached hydrogens (primary N) is 1. The van der Waals surface area contributed by atoms with Gasteiger partial charge in [-0.1, -0.05) is 12.1 Å². The molecule has 13 heavy (non-hydrogen) atoms. The van der Waals surface area contributed by atoms with E-state index in [-0.39, 0.29) is 6.04 Å². The molecule has 0 heterocycles. The van der Waals surface area contributed by atoms with Gasteiger partial charge in [-0.15, -0.1) is 0 Å². The first-order valence-electron chi connectivity index (χ1n) is 3.97. The van der Waals surface area contributed by atoms with Crippen LogP contribution >= 0.6 is 0 Å². The molecule has 0 aliphatic rings. The third kappa shape index (κ3) is 2.54. The van der Waals surface area contributed by atoms with Gasteiger partial charge in [0.15, 0.2) is 9.84 Å². The van der Waals surface area contributed by atoms with Crippen LogP contribution in [0.2, 0.25) is 0 Å². The SMILES string of the molecule is C[C@@H](N)c1ccc(S(C)(=O)=O)cc1. The van der Waals surface area contributed by atoms with E-state index in [0.29, 0.717) is 4.90 Å². The molecule has 0 unspecified atom stereocenters. The summed E-state index contributed by atoms with van der Waals surface area (Å²) in [5.41, 5.74) is 6.56. The summed E-state index contributed by atoms with van der Waals surface area (Å²) in [6.45, 7) is 1.86. The van der Waals surface area contributed by atoms with Crippen molar-refractivity contribution in [1.82, 2.24) is 0 Å². The maximum absolute atomic E-state index is 11.1. The maximum Gasteiger partial charge on any atom is 0.175 e. The second-order valence-corrected chi connectivity index (χ2v) is 5.15. The van der Waals surface area contributed by atoms with Gasteiger partial charge in [0.05, 0.1) is 4.90 Å². The van der Waals surface area contributed by atoms with Crippen molar-refractivity contribution in [2.45, 2.75) is 17.9 Å². The van der Waals surface area contributed by atoms with Gasteiger partial charge in [-0.3, -0.25) is 0 Å². The second-order valence-electron chi connectivity index (χ2n) is 3.13. The van der Waals surface area contributed by atoms with Crippen molar-refractivity contribution in [2.24, 2.45) is 5.73 Å². The zero-order valence-corrected chi connectivity index (χ0v) is 8.51. The van der Waals surface area contributed by atoms with E-state index in [9.17, 15) is 8.42 Å². The van der Waals surface area contributed by atoms with Crippen LogP contribution in [-0.2, 0) is 9.84 Å². The first-order valence-corrected chi connectivity index (χ1v) is 5.86. The van der Waals surface area contributed by atoms with Crippen molar-refractivity contribution < 1.29 is 8.42 Å². The average molecular weight is 199 g/mol. The Balaban J connectivity index is 3.08. The fourth-order valence-electron chi connectivity index (χ4n) is 1.02. The minimum absolute atomic E-state index is 0.0615. The summed E-state index contributed by atoms with van der Waals surface area (Å²) in [5.74, 6) is 0. The van der Waals surface area contributed by atoms with E-state index in [4.69, 9.17) is 5.73 Å². The lowest BCUT2D eigenvalue weighted by Gasteiger charge is -2.05. The van der Waals surface area contributed by atoms with Crippen LogP contribution in [0, 0.1) is 0 Å². The smallest absolute Gasteiger partial charge is 0.175 e. The second kappa shape index (κ2) is 3.47. The van der Waals surface area contributed by atoms with Gasteiger partial charge in [-0.2, -0.15) is 0 Å². The van der Waals surface area contributed by atoms with Gasteiger partial charge in [0.2, 0.25) is 0 Å². The van der Waals surface area contributed by atoms with E-state index in [1.165, 1.54) is 6.26 Å². The highest BCUT2D eigenvalue weighted by molar-refractivity contribution is 7.90. The maximum atomic E-state index is 11.1. The Morgan fingerprint density at radius 3 is 2.00 bits per heavy atom. The van der Waals surface area contributed by atoms with E-state index in [1.807, 2.05) is 6.92 Å². The van der Waals surface area contributed by atoms with Crippen LogP contribution in [0.5, 0.6) is 0 Å². The van der Waals surface area contributed by atoms with E-state index >= 15 is 0 Å². The normalized spacial score (nSPS) is 14.1. The molecule has 0 bridgehead atoms. The summed E-state index contributed by atoms with van der Waals surface area (Å²) >= 11 is 0. The average Bonchev–Trinajstić information content (AvgIpc) is 2.03. The summed E-state index contributed by atoms with van der Waals surface area (Å²) in [4.78, 5) is 0.330. The van der Waals surface area contributed by atoms with Gasteiger partial charge in [-0.05, 0) is 24.6 Å². The third-order valence-corrected chi connectivity index (χ3v) is 2.96. The summed E-state index contributed by atoms with van der Waals surface area (Å²) in [5, 5.41) is 0. The van der Waals surface area contributed by atoms with Gasteiger partial charge in [0, 0.05) is 12.3 Å². The summed E-state index contributed by atoms with van der Waals surface area (Å²) in [7, 11) is -3.09. The van der Waals surface area contributed by atoms with Gasteiger partial charge in [0.25, 0.3) is 0 Å². The Hall–Kier alpha value is -0.870. The van der Waals surface area contributed by atoms with Gasteiger partial charge < -0.3 is 5.73 Å². The minimum Gasteiger partial charge on any atom is -0.324 e. The number of hydrogen-bond donors (Lipinski definition) is 1. The lowest BCUT2D eigenvalue weighted by atomic mass is 10.1. The lowest BCUT2D eigenvalue weighted by molar-refractivity contribution is 0.602. The first-order chi connectivity index (χ1) is 5.91. The van der Waals surface area contributed by atoms with E-state index in [1.54, 1.807) is 24.3 Å². The van der Waals surface area contributed by atoms with Crippen LogP contribution in [0.15, 0.2) is 29.2 Å². The lowest BCUT2D eigenvalue weighted by Crippen LogP contribution is -2.05. The highest BCUT2D eigenvalue weighted by atomic mass is 32.2. The Morgan fingerprint density at radius 1 is 1.23 bits per heavy atom. The molecule has 72 valence electrons. The fourth-order valence-corrected chi connectivity index (χ4v) is 1.65. The molecular formula is C9H13NO2S. The number of rotatable bonds is 2. The van der Waals surface area contributed by atoms with Crippen LogP contribution in [0.25, 0.3) is 0 Å². The van der Waals surface area contributed by atoms with Crippen LogP contribution in [0.3, 0.4) is 0 Å². The molecule has 2 N–H and O–H groups in total. The standard InChI is InChI=1S/C9H13NO2S/c1-7(10)8-3-5-9(6-4-8)13(2,11)12/h3-7H,10H2,1-2H3/t7-/m1/s1. The van der Waals surface area contributed by atoms with Crippen LogP contribution in [0.4, 0.5) is 0 Å². The quantitative estimate of drug-likeness (QED) is 0.776. The van der Waals surface area contributed by atoms with Crippen LogP contribution in [0.1, 0.15) is 18.5 Å². The Bertz CT molecular complexity index is 379. The molecule has 0 saturated heterocycles. The molecule has 1 aromatic carbocycles. The van der Waals surface area contributed by atoms with Gasteiger partial charge in [0.1, 0.15) is 0 Å². The van der Waals surface area contributed by atoms with Crippen LogP contribution in [-0.4, -0.2) is 14.7 Å². The highest BCUT2D eigenvalue weighted by Crippen LogP contribution is 2.13. The Labute approximate surface area is 78.5 Å². The van der Waals surface area contributed by atoms with Crippen molar-refractivity contribution in [2.75, 3.05) is 6.26 Å². The van der Waals surface area contributed by atoms with Crippen molar-refractivity contribution in [3.05, 3.63) is 29.8 Å². The van der Waals surface area contributed by atoms with Crippen molar-refractivity contribution in [1.29, 1.82) is 0 Å². The zero-order chi connectivity index (χ0) is 10.1. The largest absolute Gasteiger partial charge is 0.324 e. The number of sulfone groups is 1.